The second-order valence-electron chi connectivity index (χ2n) is 10.5. The Balaban J connectivity index is 1.43. The molecule has 1 fully saturated rings. The molecule has 0 bridgehead atoms. The summed E-state index contributed by atoms with van der Waals surface area (Å²) in [4.78, 5) is 27.9. The number of carbonyl (C=O) groups excluding carboxylic acids is 2. The van der Waals surface area contributed by atoms with E-state index in [2.05, 4.69) is 10.6 Å². The van der Waals surface area contributed by atoms with E-state index >= 15 is 0 Å². The van der Waals surface area contributed by atoms with Crippen molar-refractivity contribution in [2.24, 2.45) is 11.5 Å². The molecular weight excluding hydrogens is 529 g/mol. The Morgan fingerprint density at radius 1 is 1.15 bits per heavy atom. The van der Waals surface area contributed by atoms with E-state index in [1.807, 2.05) is 6.92 Å². The third-order valence-corrected chi connectivity index (χ3v) is 9.06. The first-order chi connectivity index (χ1) is 19.2. The minimum absolute atomic E-state index is 0.00430. The molecule has 206 valence electrons. The van der Waals surface area contributed by atoms with E-state index in [4.69, 9.17) is 21.9 Å². The van der Waals surface area contributed by atoms with Crippen molar-refractivity contribution in [1.29, 1.82) is 0 Å². The van der Waals surface area contributed by atoms with Gasteiger partial charge in [-0.1, -0.05) is 18.2 Å². The van der Waals surface area contributed by atoms with Gasteiger partial charge in [0.25, 0.3) is 5.91 Å². The quantitative estimate of drug-likeness (QED) is 0.233. The third kappa shape index (κ3) is 4.24. The predicted octanol–water partition coefficient (Wildman–Crippen LogP) is 3.99. The second kappa shape index (κ2) is 9.97. The van der Waals surface area contributed by atoms with E-state index < -0.39 is 23.2 Å². The van der Waals surface area contributed by atoms with Crippen molar-refractivity contribution in [3.8, 4) is 11.5 Å². The minimum Gasteiger partial charge on any atom is -0.457 e. The second-order valence-corrected chi connectivity index (χ2v) is 11.5. The first-order valence-electron chi connectivity index (χ1n) is 13.2. The molecule has 0 spiro atoms. The molecule has 10 heteroatoms. The minimum atomic E-state index is -1.58. The number of carbonyl (C=O) groups is 2. The standard InChI is InChI=1S/C30H30FN5O3S/c1-15-12-19(39-18-6-2-4-16(31)13-18)7-8-20(15)30(34)21-9-10-22(32)26-23(21)24(25(33)28(30)37)27(40-26)29(38)36-17-5-3-11-35-14-17/h2,4,6-10,12-13,17,25,35H,3,5,11,14,32-34H2,1H3,(H,36,38). The van der Waals surface area contributed by atoms with Gasteiger partial charge in [-0.25, -0.2) is 4.39 Å². The highest BCUT2D eigenvalue weighted by Crippen LogP contribution is 2.50. The maximum Gasteiger partial charge on any atom is 0.262 e. The van der Waals surface area contributed by atoms with Crippen molar-refractivity contribution >= 4 is 38.8 Å². The number of nitrogens with one attached hydrogen (secondary N) is 2. The molecule has 2 heterocycles. The third-order valence-electron chi connectivity index (χ3n) is 7.81. The summed E-state index contributed by atoms with van der Waals surface area (Å²) in [5.74, 6) is -0.269. The van der Waals surface area contributed by atoms with Crippen LogP contribution in [0.5, 0.6) is 11.5 Å². The van der Waals surface area contributed by atoms with Crippen molar-refractivity contribution < 1.29 is 18.7 Å². The molecule has 40 heavy (non-hydrogen) atoms. The molecular formula is C30H30FN5O3S. The van der Waals surface area contributed by atoms with Crippen LogP contribution in [0.25, 0.3) is 10.1 Å². The molecule has 8 N–H and O–H groups in total. The van der Waals surface area contributed by atoms with Crippen LogP contribution in [0.2, 0.25) is 0 Å². The van der Waals surface area contributed by atoms with Crippen LogP contribution >= 0.6 is 11.3 Å². The first kappa shape index (κ1) is 26.4. The molecule has 1 aromatic heterocycles. The van der Waals surface area contributed by atoms with E-state index in [9.17, 15) is 14.0 Å². The Morgan fingerprint density at radius 3 is 2.65 bits per heavy atom. The summed E-state index contributed by atoms with van der Waals surface area (Å²) in [6, 6.07) is 13.4. The molecule has 1 amide bonds. The van der Waals surface area contributed by atoms with Crippen LogP contribution in [0.3, 0.4) is 0 Å². The maximum atomic E-state index is 14.1. The normalized spacial score (nSPS) is 22.4. The number of thiophene rings is 1. The maximum absolute atomic E-state index is 14.1. The predicted molar refractivity (Wildman–Crippen MR) is 154 cm³/mol. The van der Waals surface area contributed by atoms with Crippen molar-refractivity contribution in [1.82, 2.24) is 10.6 Å². The Morgan fingerprint density at radius 2 is 1.93 bits per heavy atom. The molecule has 3 aromatic carbocycles. The number of ether oxygens (including phenoxy) is 1. The average molecular weight is 560 g/mol. The number of ketones is 1. The molecule has 1 aliphatic heterocycles. The molecule has 0 radical (unpaired) electrons. The fourth-order valence-corrected chi connectivity index (χ4v) is 7.06. The number of nitrogens with two attached hydrogens (primary N) is 3. The zero-order chi connectivity index (χ0) is 28.2. The SMILES string of the molecule is Cc1cc(Oc2cccc(F)c2)ccc1C1(N)C(=O)C(N)c2c(C(=O)NC3CCCNC3)sc3c(N)ccc1c23. The number of amides is 1. The number of Topliss-reactive ketones (excluding diaryl/α,β-unsaturated/α-hetero) is 1. The van der Waals surface area contributed by atoms with E-state index in [0.29, 0.717) is 60.9 Å². The summed E-state index contributed by atoms with van der Waals surface area (Å²) in [7, 11) is 0. The van der Waals surface area contributed by atoms with Crippen molar-refractivity contribution in [2.75, 3.05) is 18.8 Å². The Bertz CT molecular complexity index is 1660. The molecule has 3 unspecified atom stereocenters. The Labute approximate surface area is 234 Å². The van der Waals surface area contributed by atoms with Crippen LogP contribution in [0.15, 0.2) is 54.6 Å². The largest absolute Gasteiger partial charge is 0.457 e. The molecule has 2 aliphatic rings. The van der Waals surface area contributed by atoms with Gasteiger partial charge in [0.05, 0.1) is 15.6 Å². The lowest BCUT2D eigenvalue weighted by Crippen LogP contribution is -2.53. The monoisotopic (exact) mass is 559 g/mol. The van der Waals surface area contributed by atoms with Gasteiger partial charge in [0.2, 0.25) is 0 Å². The average Bonchev–Trinajstić information content (AvgIpc) is 3.34. The summed E-state index contributed by atoms with van der Waals surface area (Å²) in [5.41, 5.74) is 21.2. The molecule has 1 saturated heterocycles. The zero-order valence-electron chi connectivity index (χ0n) is 21.9. The topological polar surface area (TPSA) is 145 Å². The van der Waals surface area contributed by atoms with Crippen molar-refractivity contribution in [2.45, 2.75) is 37.4 Å². The molecule has 6 rings (SSSR count). The Kier molecular flexibility index (Phi) is 6.58. The van der Waals surface area contributed by atoms with Gasteiger partial charge in [-0.05, 0) is 73.3 Å². The van der Waals surface area contributed by atoms with Crippen LogP contribution in [0, 0.1) is 12.7 Å². The summed E-state index contributed by atoms with van der Waals surface area (Å²) in [5, 5.41) is 7.05. The van der Waals surface area contributed by atoms with Gasteiger partial charge in [0, 0.05) is 35.3 Å². The van der Waals surface area contributed by atoms with Gasteiger partial charge in [0.15, 0.2) is 5.78 Å². The molecule has 1 aliphatic carbocycles. The molecule has 3 atom stereocenters. The summed E-state index contributed by atoms with van der Waals surface area (Å²) >= 11 is 1.24. The lowest BCUT2D eigenvalue weighted by molar-refractivity contribution is -0.124. The summed E-state index contributed by atoms with van der Waals surface area (Å²) in [6.45, 7) is 3.44. The summed E-state index contributed by atoms with van der Waals surface area (Å²) in [6.07, 6.45) is 1.85. The van der Waals surface area contributed by atoms with Crippen LogP contribution in [-0.4, -0.2) is 30.8 Å². The fraction of sp³-hybridized carbons (Fsp3) is 0.267. The molecule has 0 saturated carbocycles. The summed E-state index contributed by atoms with van der Waals surface area (Å²) < 4.78 is 20.1. The zero-order valence-corrected chi connectivity index (χ0v) is 22.7. The number of halogens is 1. The van der Waals surface area contributed by atoms with E-state index in [-0.39, 0.29) is 11.9 Å². The van der Waals surface area contributed by atoms with Gasteiger partial charge >= 0.3 is 0 Å². The molecule has 8 nitrogen and oxygen atoms in total. The number of rotatable bonds is 5. The highest BCUT2D eigenvalue weighted by molar-refractivity contribution is 7.21. The van der Waals surface area contributed by atoms with Gasteiger partial charge in [0.1, 0.15) is 22.9 Å². The number of aryl methyl sites for hydroxylation is 1. The van der Waals surface area contributed by atoms with Gasteiger partial charge in [-0.3, -0.25) is 9.59 Å². The van der Waals surface area contributed by atoms with Gasteiger partial charge < -0.3 is 32.6 Å². The van der Waals surface area contributed by atoms with E-state index in [1.54, 1.807) is 42.5 Å². The first-order valence-corrected chi connectivity index (χ1v) is 14.0. The smallest absolute Gasteiger partial charge is 0.262 e. The number of hydrogen-bond donors (Lipinski definition) is 5. The number of anilines is 1. The van der Waals surface area contributed by atoms with E-state index in [1.165, 1.54) is 23.5 Å². The lowest BCUT2D eigenvalue weighted by Gasteiger charge is -2.37. The fourth-order valence-electron chi connectivity index (χ4n) is 5.86. The van der Waals surface area contributed by atoms with Crippen LogP contribution < -0.4 is 32.6 Å². The van der Waals surface area contributed by atoms with Crippen LogP contribution in [-0.2, 0) is 10.3 Å². The molecule has 4 aromatic rings. The van der Waals surface area contributed by atoms with Crippen molar-refractivity contribution in [3.05, 3.63) is 87.5 Å². The van der Waals surface area contributed by atoms with Crippen molar-refractivity contribution in [3.63, 3.8) is 0 Å². The number of nitrogen functional groups attached to an aromatic ring is 1. The van der Waals surface area contributed by atoms with E-state index in [0.717, 1.165) is 19.4 Å². The highest BCUT2D eigenvalue weighted by atomic mass is 32.1. The van der Waals surface area contributed by atoms with Gasteiger partial charge in [-0.15, -0.1) is 11.3 Å². The highest BCUT2D eigenvalue weighted by Gasteiger charge is 2.49. The number of hydrogen-bond acceptors (Lipinski definition) is 8. The van der Waals surface area contributed by atoms with Gasteiger partial charge in [-0.2, -0.15) is 0 Å². The number of piperidine rings is 1. The Hall–Kier alpha value is -3.83. The van der Waals surface area contributed by atoms with Crippen LogP contribution in [0.1, 0.15) is 50.8 Å². The lowest BCUT2D eigenvalue weighted by atomic mass is 9.69. The van der Waals surface area contributed by atoms with Crippen LogP contribution in [0.4, 0.5) is 10.1 Å². The number of benzene rings is 3.